The fourth-order valence-electron chi connectivity index (χ4n) is 3.05. The molecule has 0 saturated carbocycles. The molecule has 0 saturated heterocycles. The minimum atomic E-state index is -0.918. The van der Waals surface area contributed by atoms with Crippen molar-refractivity contribution < 1.29 is 14.3 Å². The van der Waals surface area contributed by atoms with Crippen LogP contribution in [0.4, 0.5) is 5.69 Å². The third-order valence-electron chi connectivity index (χ3n) is 4.17. The zero-order valence-electron chi connectivity index (χ0n) is 13.8. The molecule has 0 unspecified atom stereocenters. The number of esters is 1. The zero-order valence-corrected chi connectivity index (χ0v) is 15.3. The predicted octanol–water partition coefficient (Wildman–Crippen LogP) is 4.52. The Balaban J connectivity index is 1.76. The van der Waals surface area contributed by atoms with Crippen LogP contribution >= 0.6 is 23.2 Å². The van der Waals surface area contributed by atoms with Crippen molar-refractivity contribution in [3.8, 4) is 0 Å². The number of para-hydroxylation sites is 1. The van der Waals surface area contributed by atoms with Crippen molar-refractivity contribution in [3.63, 3.8) is 0 Å². The number of ether oxygens (including phenoxy) is 1. The van der Waals surface area contributed by atoms with E-state index >= 15 is 0 Å². The molecule has 0 aliphatic carbocycles. The monoisotopic (exact) mass is 377 g/mol. The van der Waals surface area contributed by atoms with Crippen molar-refractivity contribution in [2.75, 3.05) is 4.90 Å². The Morgan fingerprint density at radius 2 is 1.80 bits per heavy atom. The Bertz CT molecular complexity index is 817. The van der Waals surface area contributed by atoms with E-state index in [2.05, 4.69) is 0 Å². The van der Waals surface area contributed by atoms with Crippen molar-refractivity contribution in [3.05, 3.63) is 63.6 Å². The van der Waals surface area contributed by atoms with E-state index < -0.39 is 12.1 Å². The number of hydrogen-bond acceptors (Lipinski definition) is 3. The van der Waals surface area contributed by atoms with Crippen LogP contribution in [0.2, 0.25) is 10.0 Å². The summed E-state index contributed by atoms with van der Waals surface area (Å²) in [7, 11) is 0. The lowest BCUT2D eigenvalue weighted by atomic mass is 10.1. The van der Waals surface area contributed by atoms with Crippen molar-refractivity contribution in [1.82, 2.24) is 0 Å². The highest BCUT2D eigenvalue weighted by atomic mass is 35.5. The summed E-state index contributed by atoms with van der Waals surface area (Å²) in [6, 6.07) is 12.2. The molecule has 130 valence electrons. The van der Waals surface area contributed by atoms with E-state index in [1.165, 1.54) is 18.2 Å². The third kappa shape index (κ3) is 3.65. The molecule has 0 radical (unpaired) electrons. The van der Waals surface area contributed by atoms with E-state index in [9.17, 15) is 9.59 Å². The van der Waals surface area contributed by atoms with Crippen LogP contribution in [0.5, 0.6) is 0 Å². The van der Waals surface area contributed by atoms with Gasteiger partial charge in [-0.2, -0.15) is 0 Å². The molecule has 1 aliphatic heterocycles. The quantitative estimate of drug-likeness (QED) is 0.738. The molecule has 1 amide bonds. The molecular weight excluding hydrogens is 361 g/mol. The van der Waals surface area contributed by atoms with Gasteiger partial charge in [-0.1, -0.05) is 41.4 Å². The number of rotatable bonds is 3. The summed E-state index contributed by atoms with van der Waals surface area (Å²) >= 11 is 11.8. The third-order valence-corrected chi connectivity index (χ3v) is 4.61. The summed E-state index contributed by atoms with van der Waals surface area (Å²) < 4.78 is 5.34. The number of anilines is 1. The van der Waals surface area contributed by atoms with Gasteiger partial charge < -0.3 is 9.64 Å². The molecule has 3 rings (SSSR count). The second kappa shape index (κ2) is 7.06. The molecule has 0 spiro atoms. The lowest BCUT2D eigenvalue weighted by Crippen LogP contribution is -2.43. The standard InChI is InChI=1S/C19H17Cl2NO3/c1-11-7-13-5-3-4-6-17(13)22(11)18(23)12(2)25-19(24)14-8-15(20)10-16(21)9-14/h3-6,8-12H,7H2,1-2H3/t11-,12-/m1/s1. The van der Waals surface area contributed by atoms with E-state index in [0.717, 1.165) is 17.7 Å². The first kappa shape index (κ1) is 17.8. The van der Waals surface area contributed by atoms with E-state index in [0.29, 0.717) is 10.0 Å². The number of fused-ring (bicyclic) bond motifs is 1. The topological polar surface area (TPSA) is 46.6 Å². The lowest BCUT2D eigenvalue weighted by molar-refractivity contribution is -0.126. The number of carbonyl (C=O) groups is 2. The first-order valence-corrected chi connectivity index (χ1v) is 8.70. The van der Waals surface area contributed by atoms with E-state index in [1.54, 1.807) is 11.8 Å². The largest absolute Gasteiger partial charge is 0.449 e. The van der Waals surface area contributed by atoms with Crippen LogP contribution in [0.3, 0.4) is 0 Å². The van der Waals surface area contributed by atoms with E-state index in [1.807, 2.05) is 31.2 Å². The molecule has 0 N–H and O–H groups in total. The molecule has 2 aromatic carbocycles. The van der Waals surface area contributed by atoms with Gasteiger partial charge in [0.2, 0.25) is 0 Å². The zero-order chi connectivity index (χ0) is 18.1. The summed E-state index contributed by atoms with van der Waals surface area (Å²) in [5.41, 5.74) is 2.20. The van der Waals surface area contributed by atoms with Gasteiger partial charge in [0.25, 0.3) is 5.91 Å². The van der Waals surface area contributed by atoms with Crippen LogP contribution in [0.15, 0.2) is 42.5 Å². The second-order valence-electron chi connectivity index (χ2n) is 6.10. The maximum atomic E-state index is 12.8. The average Bonchev–Trinajstić information content (AvgIpc) is 2.88. The minimum absolute atomic E-state index is 0.0201. The van der Waals surface area contributed by atoms with Gasteiger partial charge >= 0.3 is 5.97 Å². The first-order valence-electron chi connectivity index (χ1n) is 7.95. The average molecular weight is 378 g/mol. The van der Waals surface area contributed by atoms with Gasteiger partial charge in [0.15, 0.2) is 6.10 Å². The molecule has 2 aromatic rings. The van der Waals surface area contributed by atoms with Crippen LogP contribution < -0.4 is 4.90 Å². The Morgan fingerprint density at radius 3 is 2.48 bits per heavy atom. The van der Waals surface area contributed by atoms with Gasteiger partial charge in [0, 0.05) is 21.8 Å². The number of nitrogens with zero attached hydrogens (tertiary/aromatic N) is 1. The summed E-state index contributed by atoms with van der Waals surface area (Å²) in [6.45, 7) is 3.54. The van der Waals surface area contributed by atoms with Crippen molar-refractivity contribution in [2.45, 2.75) is 32.4 Å². The fraction of sp³-hybridized carbons (Fsp3) is 0.263. The van der Waals surface area contributed by atoms with Gasteiger partial charge in [0.1, 0.15) is 0 Å². The Kier molecular flexibility index (Phi) is 5.02. The number of amides is 1. The predicted molar refractivity (Wildman–Crippen MR) is 98.4 cm³/mol. The lowest BCUT2D eigenvalue weighted by Gasteiger charge is -2.26. The van der Waals surface area contributed by atoms with Gasteiger partial charge in [-0.25, -0.2) is 4.79 Å². The molecule has 4 nitrogen and oxygen atoms in total. The maximum absolute atomic E-state index is 12.8. The minimum Gasteiger partial charge on any atom is -0.449 e. The summed E-state index contributed by atoms with van der Waals surface area (Å²) in [5, 5.41) is 0.668. The highest BCUT2D eigenvalue weighted by Gasteiger charge is 2.34. The Morgan fingerprint density at radius 1 is 1.16 bits per heavy atom. The Labute approximate surface area is 156 Å². The molecule has 1 heterocycles. The van der Waals surface area contributed by atoms with Crippen molar-refractivity contribution in [1.29, 1.82) is 0 Å². The smallest absolute Gasteiger partial charge is 0.339 e. The van der Waals surface area contributed by atoms with Crippen molar-refractivity contribution in [2.24, 2.45) is 0 Å². The molecular formula is C19H17Cl2NO3. The van der Waals surface area contributed by atoms with Gasteiger partial charge in [-0.3, -0.25) is 4.79 Å². The van der Waals surface area contributed by atoms with E-state index in [4.69, 9.17) is 27.9 Å². The molecule has 25 heavy (non-hydrogen) atoms. The highest BCUT2D eigenvalue weighted by molar-refractivity contribution is 6.35. The summed E-state index contributed by atoms with van der Waals surface area (Å²) in [4.78, 5) is 26.8. The van der Waals surface area contributed by atoms with Crippen molar-refractivity contribution >= 4 is 40.8 Å². The second-order valence-corrected chi connectivity index (χ2v) is 6.97. The van der Waals surface area contributed by atoms with Gasteiger partial charge in [0.05, 0.1) is 5.56 Å². The maximum Gasteiger partial charge on any atom is 0.339 e. The number of halogens is 2. The van der Waals surface area contributed by atoms with Crippen LogP contribution in [-0.2, 0) is 16.0 Å². The highest BCUT2D eigenvalue weighted by Crippen LogP contribution is 2.32. The first-order chi connectivity index (χ1) is 11.9. The summed E-state index contributed by atoms with van der Waals surface area (Å²) in [5.74, 6) is -0.885. The molecule has 0 bridgehead atoms. The number of benzene rings is 2. The molecule has 0 aromatic heterocycles. The fourth-order valence-corrected chi connectivity index (χ4v) is 3.57. The SMILES string of the molecule is C[C@@H]1Cc2ccccc2N1C(=O)[C@@H](C)OC(=O)c1cc(Cl)cc(Cl)c1. The van der Waals surface area contributed by atoms with Crippen LogP contribution in [0.25, 0.3) is 0 Å². The van der Waals surface area contributed by atoms with Crippen LogP contribution in [-0.4, -0.2) is 24.0 Å². The van der Waals surface area contributed by atoms with Gasteiger partial charge in [-0.15, -0.1) is 0 Å². The van der Waals surface area contributed by atoms with E-state index in [-0.39, 0.29) is 17.5 Å². The normalized spacial score (nSPS) is 17.1. The molecule has 1 aliphatic rings. The van der Waals surface area contributed by atoms with Crippen LogP contribution in [0, 0.1) is 0 Å². The number of hydrogen-bond donors (Lipinski definition) is 0. The Hall–Kier alpha value is -2.04. The number of carbonyl (C=O) groups excluding carboxylic acids is 2. The van der Waals surface area contributed by atoms with Gasteiger partial charge in [-0.05, 0) is 50.1 Å². The molecule has 2 atom stereocenters. The molecule has 6 heteroatoms. The van der Waals surface area contributed by atoms with Crippen LogP contribution in [0.1, 0.15) is 29.8 Å². The molecule has 0 fully saturated rings. The summed E-state index contributed by atoms with van der Waals surface area (Å²) in [6.07, 6.45) is -0.134.